The molecule has 1 aliphatic carbocycles. The molecule has 1 heterocycles. The van der Waals surface area contributed by atoms with Gasteiger partial charge in [-0.25, -0.2) is 0 Å². The van der Waals surface area contributed by atoms with Crippen LogP contribution in [0.1, 0.15) is 46.0 Å². The molecule has 3 atom stereocenters. The summed E-state index contributed by atoms with van der Waals surface area (Å²) in [5.41, 5.74) is 5.71. The summed E-state index contributed by atoms with van der Waals surface area (Å²) in [5, 5.41) is 11.9. The predicted octanol–water partition coefficient (Wildman–Crippen LogP) is 1.71. The van der Waals surface area contributed by atoms with Crippen LogP contribution in [0.15, 0.2) is 5.16 Å². The minimum absolute atomic E-state index is 0.0375. The Morgan fingerprint density at radius 2 is 1.90 bits per heavy atom. The molecule has 0 spiro atoms. The van der Waals surface area contributed by atoms with Gasteiger partial charge in [0.25, 0.3) is 0 Å². The number of nitrogens with two attached hydrogens (primary N) is 1. The minimum atomic E-state index is 0.0375. The molecule has 0 bridgehead atoms. The molecule has 0 aromatic heterocycles. The molecule has 0 aromatic carbocycles. The Bertz CT molecular complexity index is 326. The van der Waals surface area contributed by atoms with Gasteiger partial charge in [-0.15, -0.1) is 0 Å². The summed E-state index contributed by atoms with van der Waals surface area (Å²) in [6.07, 6.45) is 6.89. The predicted molar refractivity (Wildman–Crippen MR) is 82.1 cm³/mol. The average Bonchev–Trinajstić information content (AvgIpc) is 2.53. The normalized spacial score (nSPS) is 32.2. The third-order valence-corrected chi connectivity index (χ3v) is 5.30. The number of rotatable bonds is 4. The molecule has 0 aromatic rings. The quantitative estimate of drug-likeness (QED) is 0.356. The first-order chi connectivity index (χ1) is 9.67. The summed E-state index contributed by atoms with van der Waals surface area (Å²) in [6.45, 7) is 8.61. The van der Waals surface area contributed by atoms with Gasteiger partial charge in [0.1, 0.15) is 0 Å². The Labute approximate surface area is 122 Å². The van der Waals surface area contributed by atoms with Gasteiger partial charge in [-0.3, -0.25) is 9.80 Å². The van der Waals surface area contributed by atoms with E-state index in [1.165, 1.54) is 32.1 Å². The van der Waals surface area contributed by atoms with Crippen molar-refractivity contribution in [1.82, 2.24) is 9.80 Å². The Morgan fingerprint density at radius 3 is 2.50 bits per heavy atom. The van der Waals surface area contributed by atoms with Crippen LogP contribution in [0.25, 0.3) is 0 Å². The highest BCUT2D eigenvalue weighted by atomic mass is 16.4. The van der Waals surface area contributed by atoms with E-state index in [9.17, 15) is 0 Å². The molecule has 2 fully saturated rings. The lowest BCUT2D eigenvalue weighted by molar-refractivity contribution is 0.0436. The number of piperazine rings is 1. The highest BCUT2D eigenvalue weighted by Gasteiger charge is 2.32. The maximum atomic E-state index is 8.78. The number of amidine groups is 1. The molecule has 3 unspecified atom stereocenters. The molecule has 1 saturated carbocycles. The topological polar surface area (TPSA) is 65.1 Å². The maximum absolute atomic E-state index is 8.78. The Kier molecular flexibility index (Phi) is 5.66. The van der Waals surface area contributed by atoms with Crippen molar-refractivity contribution in [2.45, 2.75) is 58.0 Å². The monoisotopic (exact) mass is 282 g/mol. The van der Waals surface area contributed by atoms with E-state index in [1.807, 2.05) is 6.92 Å². The van der Waals surface area contributed by atoms with E-state index >= 15 is 0 Å². The molecule has 0 radical (unpaired) electrons. The van der Waals surface area contributed by atoms with E-state index in [4.69, 9.17) is 10.9 Å². The Balaban J connectivity index is 1.87. The van der Waals surface area contributed by atoms with E-state index in [2.05, 4.69) is 21.9 Å². The highest BCUT2D eigenvalue weighted by Crippen LogP contribution is 2.31. The standard InChI is InChI=1S/C15H30N4O/c1-3-13-6-4-5-7-14(13)19-10-8-18(9-11-19)12(2)15(16)17-20/h12-14,20H,3-11H2,1-2H3,(H2,16,17). The molecule has 2 aliphatic rings. The first-order valence-corrected chi connectivity index (χ1v) is 8.12. The van der Waals surface area contributed by atoms with Crippen LogP contribution in [0.3, 0.4) is 0 Å². The van der Waals surface area contributed by atoms with Gasteiger partial charge in [-0.2, -0.15) is 0 Å². The SMILES string of the molecule is CCC1CCCCC1N1CCN(C(C)C(N)=NO)CC1. The summed E-state index contributed by atoms with van der Waals surface area (Å²) < 4.78 is 0. The summed E-state index contributed by atoms with van der Waals surface area (Å²) in [5.74, 6) is 1.21. The Hall–Kier alpha value is -0.810. The molecule has 5 nitrogen and oxygen atoms in total. The summed E-state index contributed by atoms with van der Waals surface area (Å²) in [4.78, 5) is 5.00. The fourth-order valence-electron chi connectivity index (χ4n) is 3.87. The van der Waals surface area contributed by atoms with Crippen molar-refractivity contribution < 1.29 is 5.21 Å². The molecule has 1 aliphatic heterocycles. The summed E-state index contributed by atoms with van der Waals surface area (Å²) in [7, 11) is 0. The second kappa shape index (κ2) is 7.27. The van der Waals surface area contributed by atoms with Crippen LogP contribution >= 0.6 is 0 Å². The number of hydrogen-bond donors (Lipinski definition) is 2. The minimum Gasteiger partial charge on any atom is -0.409 e. The van der Waals surface area contributed by atoms with Crippen LogP contribution in [-0.2, 0) is 0 Å². The smallest absolute Gasteiger partial charge is 0.156 e. The largest absolute Gasteiger partial charge is 0.409 e. The molecule has 1 saturated heterocycles. The van der Waals surface area contributed by atoms with Crippen LogP contribution in [0.4, 0.5) is 0 Å². The van der Waals surface area contributed by atoms with Gasteiger partial charge < -0.3 is 10.9 Å². The first kappa shape index (κ1) is 15.6. The first-order valence-electron chi connectivity index (χ1n) is 8.12. The Morgan fingerprint density at radius 1 is 1.25 bits per heavy atom. The lowest BCUT2D eigenvalue weighted by Crippen LogP contribution is -2.56. The van der Waals surface area contributed by atoms with E-state index < -0.39 is 0 Å². The second-order valence-electron chi connectivity index (χ2n) is 6.29. The number of nitrogens with zero attached hydrogens (tertiary/aromatic N) is 3. The fraction of sp³-hybridized carbons (Fsp3) is 0.933. The van der Waals surface area contributed by atoms with Crippen molar-refractivity contribution in [3.8, 4) is 0 Å². The molecule has 116 valence electrons. The van der Waals surface area contributed by atoms with Crippen molar-refractivity contribution in [1.29, 1.82) is 0 Å². The van der Waals surface area contributed by atoms with Crippen molar-refractivity contribution in [2.24, 2.45) is 16.8 Å². The second-order valence-corrected chi connectivity index (χ2v) is 6.29. The molecule has 5 heteroatoms. The lowest BCUT2D eigenvalue weighted by Gasteiger charge is -2.45. The van der Waals surface area contributed by atoms with Crippen molar-refractivity contribution in [3.63, 3.8) is 0 Å². The molecule has 20 heavy (non-hydrogen) atoms. The van der Waals surface area contributed by atoms with Crippen molar-refractivity contribution in [2.75, 3.05) is 26.2 Å². The molecular weight excluding hydrogens is 252 g/mol. The van der Waals surface area contributed by atoms with Crippen LogP contribution in [0.2, 0.25) is 0 Å². The van der Waals surface area contributed by atoms with Crippen molar-refractivity contribution >= 4 is 5.84 Å². The van der Waals surface area contributed by atoms with Gasteiger partial charge in [-0.05, 0) is 25.7 Å². The number of oxime groups is 1. The van der Waals surface area contributed by atoms with E-state index in [0.29, 0.717) is 5.84 Å². The molecule has 0 amide bonds. The molecular formula is C15H30N4O. The van der Waals surface area contributed by atoms with Crippen LogP contribution in [-0.4, -0.2) is 59.1 Å². The fourth-order valence-corrected chi connectivity index (χ4v) is 3.87. The van der Waals surface area contributed by atoms with E-state index in [1.54, 1.807) is 0 Å². The molecule has 2 rings (SSSR count). The van der Waals surface area contributed by atoms with Gasteiger partial charge >= 0.3 is 0 Å². The van der Waals surface area contributed by atoms with Crippen molar-refractivity contribution in [3.05, 3.63) is 0 Å². The van der Waals surface area contributed by atoms with Gasteiger partial charge in [0, 0.05) is 32.2 Å². The van der Waals surface area contributed by atoms with Gasteiger partial charge in [-0.1, -0.05) is 31.3 Å². The third kappa shape index (κ3) is 3.44. The van der Waals surface area contributed by atoms with E-state index in [-0.39, 0.29) is 6.04 Å². The van der Waals surface area contributed by atoms with E-state index in [0.717, 1.165) is 38.1 Å². The maximum Gasteiger partial charge on any atom is 0.156 e. The van der Waals surface area contributed by atoms with Crippen LogP contribution in [0, 0.1) is 5.92 Å². The summed E-state index contributed by atoms with van der Waals surface area (Å²) in [6, 6.07) is 0.825. The zero-order valence-corrected chi connectivity index (χ0v) is 13.0. The average molecular weight is 282 g/mol. The zero-order chi connectivity index (χ0) is 14.5. The van der Waals surface area contributed by atoms with Gasteiger partial charge in [0.15, 0.2) is 5.84 Å². The summed E-state index contributed by atoms with van der Waals surface area (Å²) >= 11 is 0. The highest BCUT2D eigenvalue weighted by molar-refractivity contribution is 5.84. The van der Waals surface area contributed by atoms with Gasteiger partial charge in [0.05, 0.1) is 6.04 Å². The zero-order valence-electron chi connectivity index (χ0n) is 13.0. The lowest BCUT2D eigenvalue weighted by atomic mass is 9.81. The molecule has 3 N–H and O–H groups in total. The van der Waals surface area contributed by atoms with Crippen LogP contribution in [0.5, 0.6) is 0 Å². The van der Waals surface area contributed by atoms with Crippen LogP contribution < -0.4 is 5.73 Å². The number of hydrogen-bond acceptors (Lipinski definition) is 4. The van der Waals surface area contributed by atoms with Gasteiger partial charge in [0.2, 0.25) is 0 Å². The third-order valence-electron chi connectivity index (χ3n) is 5.30.